The van der Waals surface area contributed by atoms with Crippen molar-refractivity contribution in [2.45, 2.75) is 0 Å². The molecule has 0 atom stereocenters. The molecule has 23 heavy (non-hydrogen) atoms. The maximum Gasteiger partial charge on any atom is 0.238 e. The highest BCUT2D eigenvalue weighted by Crippen LogP contribution is 2.17. The molecule has 6 nitrogen and oxygen atoms in total. The summed E-state index contributed by atoms with van der Waals surface area (Å²) < 4.78 is 0. The van der Waals surface area contributed by atoms with Gasteiger partial charge in [-0.3, -0.25) is 9.69 Å². The van der Waals surface area contributed by atoms with Gasteiger partial charge in [0, 0.05) is 32.4 Å². The lowest BCUT2D eigenvalue weighted by Gasteiger charge is -2.34. The molecule has 0 saturated carbocycles. The van der Waals surface area contributed by atoms with Crippen LogP contribution in [0.3, 0.4) is 0 Å². The Kier molecular flexibility index (Phi) is 4.73. The Labute approximate surface area is 135 Å². The van der Waals surface area contributed by atoms with Crippen molar-refractivity contribution in [2.75, 3.05) is 48.7 Å². The fourth-order valence-corrected chi connectivity index (χ4v) is 2.68. The maximum atomic E-state index is 12.2. The number of pyridine rings is 1. The van der Waals surface area contributed by atoms with Crippen molar-refractivity contribution in [3.8, 4) is 0 Å². The van der Waals surface area contributed by atoms with Crippen molar-refractivity contribution >= 4 is 23.1 Å². The molecular formula is C17H21N5O. The molecular weight excluding hydrogens is 290 g/mol. The third-order valence-corrected chi connectivity index (χ3v) is 3.95. The average Bonchev–Trinajstić information content (AvgIpc) is 2.58. The van der Waals surface area contributed by atoms with Crippen LogP contribution in [0.5, 0.6) is 0 Å². The number of rotatable bonds is 4. The van der Waals surface area contributed by atoms with E-state index in [0.29, 0.717) is 17.9 Å². The largest absolute Gasteiger partial charge is 0.397 e. The molecule has 3 N–H and O–H groups in total. The van der Waals surface area contributed by atoms with Crippen LogP contribution in [0.2, 0.25) is 0 Å². The lowest BCUT2D eigenvalue weighted by Crippen LogP contribution is -2.48. The van der Waals surface area contributed by atoms with Gasteiger partial charge in [0.25, 0.3) is 0 Å². The molecule has 1 aromatic carbocycles. The molecule has 0 aliphatic carbocycles. The number of anilines is 3. The monoisotopic (exact) mass is 311 g/mol. The van der Waals surface area contributed by atoms with E-state index in [1.165, 1.54) is 0 Å². The highest BCUT2D eigenvalue weighted by atomic mass is 16.2. The molecule has 6 heteroatoms. The van der Waals surface area contributed by atoms with Crippen LogP contribution in [-0.2, 0) is 4.79 Å². The standard InChI is InChI=1S/C17H21N5O/c18-14-5-1-2-6-15(14)20-17(23)13-21-9-11-22(12-10-21)16-7-3-4-8-19-16/h1-8H,9-13,18H2,(H,20,23). The summed E-state index contributed by atoms with van der Waals surface area (Å²) in [4.78, 5) is 20.9. The van der Waals surface area contributed by atoms with Crippen molar-refractivity contribution in [1.29, 1.82) is 0 Å². The van der Waals surface area contributed by atoms with Gasteiger partial charge < -0.3 is 16.0 Å². The van der Waals surface area contributed by atoms with Gasteiger partial charge in [-0.25, -0.2) is 4.98 Å². The summed E-state index contributed by atoms with van der Waals surface area (Å²) in [6, 6.07) is 13.2. The number of hydrogen-bond acceptors (Lipinski definition) is 5. The van der Waals surface area contributed by atoms with E-state index in [1.54, 1.807) is 12.3 Å². The van der Waals surface area contributed by atoms with Crippen LogP contribution in [0.25, 0.3) is 0 Å². The number of carbonyl (C=O) groups excluding carboxylic acids is 1. The predicted octanol–water partition coefficient (Wildman–Crippen LogP) is 1.42. The SMILES string of the molecule is Nc1ccccc1NC(=O)CN1CCN(c2ccccn2)CC1. The Morgan fingerprint density at radius 2 is 1.83 bits per heavy atom. The second-order valence-corrected chi connectivity index (χ2v) is 5.59. The number of nitrogens with two attached hydrogens (primary N) is 1. The Morgan fingerprint density at radius 1 is 1.09 bits per heavy atom. The summed E-state index contributed by atoms with van der Waals surface area (Å²) in [5, 5.41) is 2.87. The van der Waals surface area contributed by atoms with E-state index in [-0.39, 0.29) is 5.91 Å². The Hall–Kier alpha value is -2.60. The van der Waals surface area contributed by atoms with Gasteiger partial charge in [-0.15, -0.1) is 0 Å². The molecule has 2 aromatic rings. The van der Waals surface area contributed by atoms with Crippen molar-refractivity contribution in [2.24, 2.45) is 0 Å². The highest BCUT2D eigenvalue weighted by Gasteiger charge is 2.19. The smallest absolute Gasteiger partial charge is 0.238 e. The molecule has 0 unspecified atom stereocenters. The molecule has 0 radical (unpaired) electrons. The molecule has 0 bridgehead atoms. The molecule has 120 valence electrons. The molecule has 2 heterocycles. The first kappa shape index (κ1) is 15.3. The molecule has 1 amide bonds. The van der Waals surface area contributed by atoms with E-state index in [4.69, 9.17) is 5.73 Å². The van der Waals surface area contributed by atoms with E-state index in [2.05, 4.69) is 20.1 Å². The quantitative estimate of drug-likeness (QED) is 0.836. The van der Waals surface area contributed by atoms with Crippen LogP contribution >= 0.6 is 0 Å². The second-order valence-electron chi connectivity index (χ2n) is 5.59. The van der Waals surface area contributed by atoms with Crippen LogP contribution < -0.4 is 16.0 Å². The molecule has 1 aliphatic heterocycles. The Balaban J connectivity index is 1.49. The molecule has 1 aromatic heterocycles. The summed E-state index contributed by atoms with van der Waals surface area (Å²) in [5.41, 5.74) is 7.10. The third-order valence-electron chi connectivity index (χ3n) is 3.95. The van der Waals surface area contributed by atoms with Crippen LogP contribution in [0.15, 0.2) is 48.7 Å². The summed E-state index contributed by atoms with van der Waals surface area (Å²) in [5.74, 6) is 0.961. The summed E-state index contributed by atoms with van der Waals surface area (Å²) in [6.45, 7) is 3.81. The van der Waals surface area contributed by atoms with Crippen LogP contribution in [0.1, 0.15) is 0 Å². The van der Waals surface area contributed by atoms with Gasteiger partial charge in [-0.1, -0.05) is 18.2 Å². The van der Waals surface area contributed by atoms with Gasteiger partial charge in [0.1, 0.15) is 5.82 Å². The van der Waals surface area contributed by atoms with Gasteiger partial charge in [0.2, 0.25) is 5.91 Å². The zero-order valence-electron chi connectivity index (χ0n) is 13.0. The normalized spacial score (nSPS) is 15.4. The number of aromatic nitrogens is 1. The van der Waals surface area contributed by atoms with E-state index in [9.17, 15) is 4.79 Å². The van der Waals surface area contributed by atoms with Crippen molar-refractivity contribution in [3.63, 3.8) is 0 Å². The van der Waals surface area contributed by atoms with Crippen LogP contribution in [0, 0.1) is 0 Å². The van der Waals surface area contributed by atoms with Crippen molar-refractivity contribution in [3.05, 3.63) is 48.7 Å². The first-order chi connectivity index (χ1) is 11.2. The van der Waals surface area contributed by atoms with Gasteiger partial charge in [-0.2, -0.15) is 0 Å². The lowest BCUT2D eigenvalue weighted by molar-refractivity contribution is -0.117. The molecule has 3 rings (SSSR count). The Bertz CT molecular complexity index is 653. The minimum Gasteiger partial charge on any atom is -0.397 e. The van der Waals surface area contributed by atoms with Crippen molar-refractivity contribution < 1.29 is 4.79 Å². The first-order valence-corrected chi connectivity index (χ1v) is 7.75. The minimum atomic E-state index is -0.0332. The number of amides is 1. The first-order valence-electron chi connectivity index (χ1n) is 7.75. The highest BCUT2D eigenvalue weighted by molar-refractivity contribution is 5.95. The average molecular weight is 311 g/mol. The van der Waals surface area contributed by atoms with Gasteiger partial charge >= 0.3 is 0 Å². The lowest BCUT2D eigenvalue weighted by atomic mass is 10.2. The van der Waals surface area contributed by atoms with E-state index in [0.717, 1.165) is 32.0 Å². The van der Waals surface area contributed by atoms with Crippen molar-refractivity contribution in [1.82, 2.24) is 9.88 Å². The van der Waals surface area contributed by atoms with Crippen LogP contribution in [-0.4, -0.2) is 48.5 Å². The molecule has 1 saturated heterocycles. The van der Waals surface area contributed by atoms with E-state index < -0.39 is 0 Å². The fourth-order valence-electron chi connectivity index (χ4n) is 2.68. The number of nitrogens with one attached hydrogen (secondary N) is 1. The number of nitrogen functional groups attached to an aromatic ring is 1. The topological polar surface area (TPSA) is 74.5 Å². The zero-order valence-corrected chi connectivity index (χ0v) is 13.0. The number of benzene rings is 1. The van der Waals surface area contributed by atoms with Gasteiger partial charge in [0.15, 0.2) is 0 Å². The third kappa shape index (κ3) is 3.98. The summed E-state index contributed by atoms with van der Waals surface area (Å²) >= 11 is 0. The van der Waals surface area contributed by atoms with Gasteiger partial charge in [-0.05, 0) is 24.3 Å². The summed E-state index contributed by atoms with van der Waals surface area (Å²) in [6.07, 6.45) is 1.80. The number of para-hydroxylation sites is 2. The predicted molar refractivity (Wildman–Crippen MR) is 92.4 cm³/mol. The Morgan fingerprint density at radius 3 is 2.52 bits per heavy atom. The maximum absolute atomic E-state index is 12.2. The molecule has 0 spiro atoms. The number of carbonyl (C=O) groups is 1. The summed E-state index contributed by atoms with van der Waals surface area (Å²) in [7, 11) is 0. The number of hydrogen-bond donors (Lipinski definition) is 2. The second kappa shape index (κ2) is 7.11. The van der Waals surface area contributed by atoms with E-state index >= 15 is 0 Å². The fraction of sp³-hybridized carbons (Fsp3) is 0.294. The van der Waals surface area contributed by atoms with Gasteiger partial charge in [0.05, 0.1) is 17.9 Å². The van der Waals surface area contributed by atoms with Crippen LogP contribution in [0.4, 0.5) is 17.2 Å². The molecule has 1 fully saturated rings. The van der Waals surface area contributed by atoms with E-state index in [1.807, 2.05) is 36.4 Å². The minimum absolute atomic E-state index is 0.0332. The molecule has 1 aliphatic rings. The number of nitrogens with zero attached hydrogens (tertiary/aromatic N) is 3. The number of piperazine rings is 1. The zero-order chi connectivity index (χ0) is 16.1.